The normalized spacial score (nSPS) is 18.7. The minimum atomic E-state index is -0.0586. The smallest absolute Gasteiger partial charge is 0.241 e. The molecule has 1 aliphatic heterocycles. The number of hydrogen-bond acceptors (Lipinski definition) is 3. The number of ether oxygens (including phenoxy) is 1. The topological polar surface area (TPSA) is 50.4 Å². The summed E-state index contributed by atoms with van der Waals surface area (Å²) in [4.78, 5) is 12.0. The fraction of sp³-hybridized carbons (Fsp3) is 0.500. The summed E-state index contributed by atoms with van der Waals surface area (Å²) in [6.07, 6.45) is 1.97. The zero-order valence-corrected chi connectivity index (χ0v) is 11.2. The minimum absolute atomic E-state index is 0.0431. The summed E-state index contributed by atoms with van der Waals surface area (Å²) >= 11 is 0. The van der Waals surface area contributed by atoms with Crippen LogP contribution in [0, 0.1) is 13.8 Å². The van der Waals surface area contributed by atoms with Gasteiger partial charge in [0, 0.05) is 11.3 Å². The van der Waals surface area contributed by atoms with Crippen molar-refractivity contribution in [3.63, 3.8) is 0 Å². The van der Waals surface area contributed by atoms with E-state index in [0.717, 1.165) is 42.0 Å². The summed E-state index contributed by atoms with van der Waals surface area (Å²) in [6, 6.07) is 3.83. The second-order valence-corrected chi connectivity index (χ2v) is 4.73. The maximum atomic E-state index is 12.0. The first-order chi connectivity index (χ1) is 8.63. The second kappa shape index (κ2) is 5.40. The average Bonchev–Trinajstić information content (AvgIpc) is 2.87. The molecule has 1 heterocycles. The highest BCUT2D eigenvalue weighted by molar-refractivity contribution is 5.96. The van der Waals surface area contributed by atoms with Crippen LogP contribution in [0.1, 0.15) is 24.0 Å². The van der Waals surface area contributed by atoms with Gasteiger partial charge in [-0.25, -0.2) is 0 Å². The molecule has 1 aliphatic rings. The van der Waals surface area contributed by atoms with E-state index in [2.05, 4.69) is 10.6 Å². The van der Waals surface area contributed by atoms with Gasteiger partial charge in [0.2, 0.25) is 5.91 Å². The molecule has 1 amide bonds. The lowest BCUT2D eigenvalue weighted by molar-refractivity contribution is -0.117. The lowest BCUT2D eigenvalue weighted by atomic mass is 10.1. The number of carbonyl (C=O) groups excluding carboxylic acids is 1. The van der Waals surface area contributed by atoms with Crippen molar-refractivity contribution in [3.8, 4) is 5.75 Å². The Labute approximate surface area is 108 Å². The van der Waals surface area contributed by atoms with Crippen LogP contribution in [0.4, 0.5) is 5.69 Å². The SMILES string of the molecule is COc1c(C)ccc(NC(=O)[C@H]2CCCN2)c1C. The highest BCUT2D eigenvalue weighted by Crippen LogP contribution is 2.29. The van der Waals surface area contributed by atoms with Gasteiger partial charge >= 0.3 is 0 Å². The Morgan fingerprint density at radius 1 is 1.44 bits per heavy atom. The Kier molecular flexibility index (Phi) is 3.87. The first-order valence-corrected chi connectivity index (χ1v) is 6.32. The van der Waals surface area contributed by atoms with Gasteiger partial charge in [-0.15, -0.1) is 0 Å². The third kappa shape index (κ3) is 2.48. The monoisotopic (exact) mass is 248 g/mol. The third-order valence-electron chi connectivity index (χ3n) is 3.44. The number of benzene rings is 1. The Bertz CT molecular complexity index is 451. The van der Waals surface area contributed by atoms with E-state index >= 15 is 0 Å². The third-order valence-corrected chi connectivity index (χ3v) is 3.44. The predicted molar refractivity (Wildman–Crippen MR) is 72.1 cm³/mol. The van der Waals surface area contributed by atoms with Crippen LogP contribution in [-0.4, -0.2) is 25.6 Å². The molecule has 4 heteroatoms. The molecule has 0 aromatic heterocycles. The number of nitrogens with one attached hydrogen (secondary N) is 2. The van der Waals surface area contributed by atoms with Crippen LogP contribution in [-0.2, 0) is 4.79 Å². The highest BCUT2D eigenvalue weighted by Gasteiger charge is 2.22. The summed E-state index contributed by atoms with van der Waals surface area (Å²) < 4.78 is 5.36. The van der Waals surface area contributed by atoms with Crippen LogP contribution in [0.2, 0.25) is 0 Å². The van der Waals surface area contributed by atoms with E-state index in [-0.39, 0.29) is 11.9 Å². The number of aryl methyl sites for hydroxylation is 1. The largest absolute Gasteiger partial charge is 0.496 e. The standard InChI is InChI=1S/C14H20N2O2/c1-9-6-7-11(10(2)13(9)18-3)16-14(17)12-5-4-8-15-12/h6-7,12,15H,4-5,8H2,1-3H3,(H,16,17)/t12-/m1/s1. The number of amides is 1. The summed E-state index contributed by atoms with van der Waals surface area (Å²) in [6.45, 7) is 4.88. The average molecular weight is 248 g/mol. The number of anilines is 1. The minimum Gasteiger partial charge on any atom is -0.496 e. The lowest BCUT2D eigenvalue weighted by Crippen LogP contribution is -2.35. The van der Waals surface area contributed by atoms with Gasteiger partial charge in [0.25, 0.3) is 0 Å². The molecular formula is C14H20N2O2. The van der Waals surface area contributed by atoms with Crippen molar-refractivity contribution in [2.24, 2.45) is 0 Å². The van der Waals surface area contributed by atoms with Crippen molar-refractivity contribution in [1.82, 2.24) is 5.32 Å². The van der Waals surface area contributed by atoms with Gasteiger partial charge in [-0.3, -0.25) is 4.79 Å². The van der Waals surface area contributed by atoms with Crippen molar-refractivity contribution in [1.29, 1.82) is 0 Å². The van der Waals surface area contributed by atoms with Crippen molar-refractivity contribution in [2.75, 3.05) is 19.0 Å². The van der Waals surface area contributed by atoms with Crippen LogP contribution in [0.3, 0.4) is 0 Å². The lowest BCUT2D eigenvalue weighted by Gasteiger charge is -2.16. The summed E-state index contributed by atoms with van der Waals surface area (Å²) in [5, 5.41) is 6.17. The Hall–Kier alpha value is -1.55. The van der Waals surface area contributed by atoms with Gasteiger partial charge in [-0.05, 0) is 44.9 Å². The van der Waals surface area contributed by atoms with E-state index in [0.29, 0.717) is 0 Å². The van der Waals surface area contributed by atoms with Crippen LogP contribution >= 0.6 is 0 Å². The molecule has 1 atom stereocenters. The zero-order chi connectivity index (χ0) is 13.1. The van der Waals surface area contributed by atoms with Crippen molar-refractivity contribution < 1.29 is 9.53 Å². The molecular weight excluding hydrogens is 228 g/mol. The first kappa shape index (κ1) is 12.9. The first-order valence-electron chi connectivity index (χ1n) is 6.32. The number of methoxy groups -OCH3 is 1. The number of hydrogen-bond donors (Lipinski definition) is 2. The van der Waals surface area contributed by atoms with E-state index in [1.165, 1.54) is 0 Å². The van der Waals surface area contributed by atoms with Gasteiger partial charge in [0.1, 0.15) is 5.75 Å². The molecule has 1 aromatic carbocycles. The Morgan fingerprint density at radius 3 is 2.83 bits per heavy atom. The quantitative estimate of drug-likeness (QED) is 0.860. The molecule has 0 saturated carbocycles. The van der Waals surface area contributed by atoms with Gasteiger partial charge in [-0.2, -0.15) is 0 Å². The maximum absolute atomic E-state index is 12.0. The Balaban J connectivity index is 2.16. The van der Waals surface area contributed by atoms with E-state index in [1.54, 1.807) is 7.11 Å². The van der Waals surface area contributed by atoms with E-state index in [4.69, 9.17) is 4.74 Å². The fourth-order valence-corrected chi connectivity index (χ4v) is 2.40. The summed E-state index contributed by atoms with van der Waals surface area (Å²) in [5.41, 5.74) is 2.88. The molecule has 0 unspecified atom stereocenters. The summed E-state index contributed by atoms with van der Waals surface area (Å²) in [5.74, 6) is 0.883. The Morgan fingerprint density at radius 2 is 2.22 bits per heavy atom. The van der Waals surface area contributed by atoms with E-state index < -0.39 is 0 Å². The van der Waals surface area contributed by atoms with Crippen LogP contribution < -0.4 is 15.4 Å². The molecule has 1 aromatic rings. The predicted octanol–water partition coefficient (Wildman–Crippen LogP) is 2.00. The number of rotatable bonds is 3. The highest BCUT2D eigenvalue weighted by atomic mass is 16.5. The van der Waals surface area contributed by atoms with Crippen LogP contribution in [0.15, 0.2) is 12.1 Å². The molecule has 18 heavy (non-hydrogen) atoms. The van der Waals surface area contributed by atoms with E-state index in [9.17, 15) is 4.79 Å². The van der Waals surface area contributed by atoms with Gasteiger partial charge in [0.15, 0.2) is 0 Å². The molecule has 4 nitrogen and oxygen atoms in total. The van der Waals surface area contributed by atoms with Gasteiger partial charge in [0.05, 0.1) is 13.2 Å². The van der Waals surface area contributed by atoms with E-state index in [1.807, 2.05) is 26.0 Å². The zero-order valence-electron chi connectivity index (χ0n) is 11.2. The number of carbonyl (C=O) groups is 1. The van der Waals surface area contributed by atoms with Crippen molar-refractivity contribution in [3.05, 3.63) is 23.3 Å². The molecule has 0 radical (unpaired) electrons. The molecule has 1 saturated heterocycles. The van der Waals surface area contributed by atoms with Crippen molar-refractivity contribution in [2.45, 2.75) is 32.7 Å². The fourth-order valence-electron chi connectivity index (χ4n) is 2.40. The second-order valence-electron chi connectivity index (χ2n) is 4.73. The van der Waals surface area contributed by atoms with Gasteiger partial charge < -0.3 is 15.4 Å². The molecule has 0 bridgehead atoms. The maximum Gasteiger partial charge on any atom is 0.241 e. The van der Waals surface area contributed by atoms with Crippen LogP contribution in [0.5, 0.6) is 5.75 Å². The molecule has 0 aliphatic carbocycles. The van der Waals surface area contributed by atoms with Gasteiger partial charge in [-0.1, -0.05) is 6.07 Å². The molecule has 0 spiro atoms. The molecule has 2 rings (SSSR count). The summed E-state index contributed by atoms with van der Waals surface area (Å²) in [7, 11) is 1.65. The van der Waals surface area contributed by atoms with Crippen LogP contribution in [0.25, 0.3) is 0 Å². The molecule has 98 valence electrons. The molecule has 1 fully saturated rings. The van der Waals surface area contributed by atoms with Crippen molar-refractivity contribution >= 4 is 11.6 Å². The molecule has 2 N–H and O–H groups in total.